The maximum Gasteiger partial charge on any atom is 0.326 e. The van der Waals surface area contributed by atoms with Crippen LogP contribution in [0, 0.1) is 0 Å². The fourth-order valence-electron chi connectivity index (χ4n) is 2.54. The first kappa shape index (κ1) is 27.1. The van der Waals surface area contributed by atoms with Crippen molar-refractivity contribution in [2.75, 3.05) is 13.1 Å². The average molecular weight is 432 g/mol. The molecule has 0 saturated heterocycles. The van der Waals surface area contributed by atoms with E-state index in [0.717, 1.165) is 19.3 Å². The number of hydrogen-bond donors (Lipinski definition) is 7. The van der Waals surface area contributed by atoms with Gasteiger partial charge in [0.1, 0.15) is 12.1 Å². The Morgan fingerprint density at radius 2 is 1.33 bits per heavy atom. The monoisotopic (exact) mass is 432 g/mol. The first-order chi connectivity index (χ1) is 14.2. The Morgan fingerprint density at radius 3 is 1.87 bits per heavy atom. The van der Waals surface area contributed by atoms with Crippen LogP contribution in [0.15, 0.2) is 0 Å². The highest BCUT2D eigenvalue weighted by molar-refractivity contribution is 5.86. The number of amides is 3. The van der Waals surface area contributed by atoms with E-state index in [1.165, 1.54) is 0 Å². The van der Waals surface area contributed by atoms with Gasteiger partial charge in [0.05, 0.1) is 0 Å². The lowest BCUT2D eigenvalue weighted by atomic mass is 10.1. The third-order valence-corrected chi connectivity index (χ3v) is 4.20. The Balaban J connectivity index is 4.23. The van der Waals surface area contributed by atoms with Gasteiger partial charge in [-0.3, -0.25) is 9.59 Å². The molecule has 0 fully saturated rings. The molecule has 0 bridgehead atoms. The van der Waals surface area contributed by atoms with Crippen molar-refractivity contribution in [1.82, 2.24) is 16.0 Å². The molecule has 172 valence electrons. The molecule has 12 nitrogen and oxygen atoms in total. The summed E-state index contributed by atoms with van der Waals surface area (Å²) in [4.78, 5) is 56.4. The Labute approximate surface area is 174 Å². The van der Waals surface area contributed by atoms with E-state index < -0.39 is 42.4 Å². The quantitative estimate of drug-likeness (QED) is 0.152. The van der Waals surface area contributed by atoms with Gasteiger partial charge in [0.15, 0.2) is 0 Å². The lowest BCUT2D eigenvalue weighted by Crippen LogP contribution is -2.51. The number of hydrogen-bond acceptors (Lipinski definition) is 6. The van der Waals surface area contributed by atoms with E-state index in [0.29, 0.717) is 32.4 Å². The van der Waals surface area contributed by atoms with Gasteiger partial charge in [-0.15, -0.1) is 0 Å². The number of carboxylic acid groups (broad SMARTS) is 3. The van der Waals surface area contributed by atoms with Crippen molar-refractivity contribution in [3.05, 3.63) is 0 Å². The van der Waals surface area contributed by atoms with Crippen LogP contribution in [-0.2, 0) is 19.2 Å². The van der Waals surface area contributed by atoms with Gasteiger partial charge in [0.2, 0.25) is 5.91 Å². The van der Waals surface area contributed by atoms with Crippen molar-refractivity contribution >= 4 is 29.8 Å². The number of aliphatic carboxylic acids is 3. The minimum Gasteiger partial charge on any atom is -0.481 e. The van der Waals surface area contributed by atoms with Crippen molar-refractivity contribution in [1.29, 1.82) is 0 Å². The topological polar surface area (TPSA) is 208 Å². The van der Waals surface area contributed by atoms with Gasteiger partial charge in [-0.1, -0.05) is 6.42 Å². The first-order valence-electron chi connectivity index (χ1n) is 9.88. The predicted octanol–water partition coefficient (Wildman–Crippen LogP) is -0.138. The molecule has 2 atom stereocenters. The molecule has 0 aliphatic carbocycles. The van der Waals surface area contributed by atoms with E-state index in [1.807, 2.05) is 0 Å². The summed E-state index contributed by atoms with van der Waals surface area (Å²) < 4.78 is 0. The molecule has 12 heteroatoms. The number of nitrogens with two attached hydrogens (primary N) is 1. The minimum atomic E-state index is -1.45. The van der Waals surface area contributed by atoms with Crippen LogP contribution in [0.5, 0.6) is 0 Å². The van der Waals surface area contributed by atoms with E-state index in [9.17, 15) is 29.1 Å². The van der Waals surface area contributed by atoms with Crippen LogP contribution < -0.4 is 21.7 Å². The van der Waals surface area contributed by atoms with Crippen LogP contribution >= 0.6 is 0 Å². The second kappa shape index (κ2) is 16.0. The molecule has 0 aliphatic heterocycles. The molecule has 0 radical (unpaired) electrons. The maximum atomic E-state index is 11.9. The van der Waals surface area contributed by atoms with Crippen molar-refractivity contribution in [3.8, 4) is 0 Å². The van der Waals surface area contributed by atoms with Crippen LogP contribution in [0.2, 0.25) is 0 Å². The lowest BCUT2D eigenvalue weighted by Gasteiger charge is -2.18. The second-order valence-electron chi connectivity index (χ2n) is 6.78. The largest absolute Gasteiger partial charge is 0.481 e. The molecule has 8 N–H and O–H groups in total. The zero-order valence-electron chi connectivity index (χ0n) is 16.9. The standard InChI is InChI=1S/C18H32N4O8/c19-10-4-1-2-7-14(23)20-11-5-3-6-12(16(26)27)21-18(30)22-13(17(28)29)8-9-15(24)25/h12-13H,1-11,19H2,(H,20,23)(H,24,25)(H,26,27)(H,28,29)(H2,21,22,30)/t12-,13-/m0/s1. The molecule has 0 rings (SSSR count). The third kappa shape index (κ3) is 14.2. The molecule has 3 amide bonds. The average Bonchev–Trinajstić information content (AvgIpc) is 2.66. The zero-order chi connectivity index (χ0) is 22.9. The molecule has 0 aliphatic rings. The Kier molecular flexibility index (Phi) is 14.4. The first-order valence-corrected chi connectivity index (χ1v) is 9.88. The summed E-state index contributed by atoms with van der Waals surface area (Å²) in [5.41, 5.74) is 5.38. The smallest absolute Gasteiger partial charge is 0.326 e. The number of carbonyl (C=O) groups is 5. The summed E-state index contributed by atoms with van der Waals surface area (Å²) in [7, 11) is 0. The van der Waals surface area contributed by atoms with Gasteiger partial charge in [-0.2, -0.15) is 0 Å². The van der Waals surface area contributed by atoms with Gasteiger partial charge in [0, 0.05) is 19.4 Å². The van der Waals surface area contributed by atoms with Crippen molar-refractivity contribution in [2.45, 2.75) is 69.9 Å². The highest BCUT2D eigenvalue weighted by Crippen LogP contribution is 2.03. The Hall–Kier alpha value is -2.89. The summed E-state index contributed by atoms with van der Waals surface area (Å²) >= 11 is 0. The highest BCUT2D eigenvalue weighted by atomic mass is 16.4. The van der Waals surface area contributed by atoms with Crippen LogP contribution in [0.3, 0.4) is 0 Å². The van der Waals surface area contributed by atoms with E-state index in [2.05, 4.69) is 16.0 Å². The SMILES string of the molecule is NCCCCCC(=O)NCCCC[C@H](NC(=O)N[C@@H](CCC(=O)O)C(=O)O)C(=O)O. The lowest BCUT2D eigenvalue weighted by molar-refractivity contribution is -0.140. The molecular weight excluding hydrogens is 400 g/mol. The summed E-state index contributed by atoms with van der Waals surface area (Å²) in [5.74, 6) is -4.00. The van der Waals surface area contributed by atoms with Crippen LogP contribution in [0.1, 0.15) is 57.8 Å². The predicted molar refractivity (Wildman–Crippen MR) is 106 cm³/mol. The second-order valence-corrected chi connectivity index (χ2v) is 6.78. The van der Waals surface area contributed by atoms with E-state index in [4.69, 9.17) is 15.9 Å². The number of rotatable bonds is 17. The molecule has 0 spiro atoms. The molecule has 0 heterocycles. The fraction of sp³-hybridized carbons (Fsp3) is 0.722. The third-order valence-electron chi connectivity index (χ3n) is 4.20. The van der Waals surface area contributed by atoms with Gasteiger partial charge in [0.25, 0.3) is 0 Å². The zero-order valence-corrected chi connectivity index (χ0v) is 16.9. The number of carbonyl (C=O) groups excluding carboxylic acids is 2. The molecule has 0 aromatic heterocycles. The van der Waals surface area contributed by atoms with Gasteiger partial charge in [-0.05, 0) is 45.1 Å². The van der Waals surface area contributed by atoms with Crippen molar-refractivity contribution in [3.63, 3.8) is 0 Å². The minimum absolute atomic E-state index is 0.0830. The number of nitrogens with one attached hydrogen (secondary N) is 3. The summed E-state index contributed by atoms with van der Waals surface area (Å²) in [5, 5.41) is 33.8. The Morgan fingerprint density at radius 1 is 0.733 bits per heavy atom. The summed E-state index contributed by atoms with van der Waals surface area (Å²) in [6, 6.07) is -3.70. The normalized spacial score (nSPS) is 12.4. The highest BCUT2D eigenvalue weighted by Gasteiger charge is 2.24. The summed E-state index contributed by atoms with van der Waals surface area (Å²) in [6.45, 7) is 0.974. The van der Waals surface area contributed by atoms with E-state index in [1.54, 1.807) is 0 Å². The van der Waals surface area contributed by atoms with Crippen LogP contribution in [0.4, 0.5) is 4.79 Å². The van der Waals surface area contributed by atoms with E-state index in [-0.39, 0.29) is 18.7 Å². The maximum absolute atomic E-state index is 11.9. The van der Waals surface area contributed by atoms with Crippen LogP contribution in [0.25, 0.3) is 0 Å². The molecule has 0 aromatic rings. The van der Waals surface area contributed by atoms with Gasteiger partial charge in [-0.25, -0.2) is 14.4 Å². The van der Waals surface area contributed by atoms with Crippen molar-refractivity contribution in [2.24, 2.45) is 5.73 Å². The molecular formula is C18H32N4O8. The fourth-order valence-corrected chi connectivity index (χ4v) is 2.54. The number of carboxylic acids is 3. The molecule has 30 heavy (non-hydrogen) atoms. The van der Waals surface area contributed by atoms with Gasteiger partial charge < -0.3 is 37.0 Å². The van der Waals surface area contributed by atoms with Crippen molar-refractivity contribution < 1.29 is 39.3 Å². The van der Waals surface area contributed by atoms with Crippen LogP contribution in [-0.4, -0.2) is 70.3 Å². The number of urea groups is 1. The molecule has 0 saturated carbocycles. The molecule has 0 aromatic carbocycles. The number of unbranched alkanes of at least 4 members (excludes halogenated alkanes) is 3. The van der Waals surface area contributed by atoms with Gasteiger partial charge >= 0.3 is 23.9 Å². The summed E-state index contributed by atoms with van der Waals surface area (Å²) in [6.07, 6.45) is 3.14. The Bertz CT molecular complexity index is 585. The van der Waals surface area contributed by atoms with E-state index >= 15 is 0 Å². The molecule has 0 unspecified atom stereocenters.